The number of carbonyl (C=O) groups excluding carboxylic acids is 2. The van der Waals surface area contributed by atoms with Crippen LogP contribution in [-0.4, -0.2) is 52.1 Å². The summed E-state index contributed by atoms with van der Waals surface area (Å²) in [7, 11) is 1.66. The van der Waals surface area contributed by atoms with Gasteiger partial charge in [-0.15, -0.1) is 0 Å². The van der Waals surface area contributed by atoms with Crippen molar-refractivity contribution in [2.24, 2.45) is 0 Å². The molecule has 0 saturated carbocycles. The standard InChI is InChI=1S/C28H33N3O4/c1-28(2,3)35-27(33)24-8-6-5-7-23(24)26(32)30-16-13-21(14-17-30)25-29-15-18-31(25)19-20-9-11-22(34-4)12-10-20/h5-12,15,18,21H,13-14,16-17,19H2,1-4H3. The summed E-state index contributed by atoms with van der Waals surface area (Å²) < 4.78 is 12.9. The minimum Gasteiger partial charge on any atom is -0.497 e. The number of esters is 1. The molecule has 0 aliphatic carbocycles. The third-order valence-corrected chi connectivity index (χ3v) is 6.18. The highest BCUT2D eigenvalue weighted by Crippen LogP contribution is 2.29. The van der Waals surface area contributed by atoms with Crippen LogP contribution in [0.1, 0.15) is 71.6 Å². The molecule has 1 aliphatic heterocycles. The number of aromatic nitrogens is 2. The number of benzene rings is 2. The summed E-state index contributed by atoms with van der Waals surface area (Å²) >= 11 is 0. The molecule has 1 fully saturated rings. The molecular formula is C28H33N3O4. The van der Waals surface area contributed by atoms with Crippen LogP contribution in [0, 0.1) is 0 Å². The molecule has 0 radical (unpaired) electrons. The van der Waals surface area contributed by atoms with Crippen LogP contribution in [0.2, 0.25) is 0 Å². The Kier molecular flexibility index (Phi) is 7.24. The predicted molar refractivity (Wildman–Crippen MR) is 134 cm³/mol. The number of imidazole rings is 1. The van der Waals surface area contributed by atoms with Gasteiger partial charge >= 0.3 is 5.97 Å². The van der Waals surface area contributed by atoms with Crippen molar-refractivity contribution in [1.82, 2.24) is 14.5 Å². The predicted octanol–water partition coefficient (Wildman–Crippen LogP) is 4.92. The lowest BCUT2D eigenvalue weighted by Crippen LogP contribution is -2.39. The summed E-state index contributed by atoms with van der Waals surface area (Å²) in [5, 5.41) is 0. The lowest BCUT2D eigenvalue weighted by Gasteiger charge is -2.32. The molecule has 0 N–H and O–H groups in total. The SMILES string of the molecule is COc1ccc(Cn2ccnc2C2CCN(C(=O)c3ccccc3C(=O)OC(C)(C)C)CC2)cc1. The van der Waals surface area contributed by atoms with Gasteiger partial charge in [0, 0.05) is 37.9 Å². The minimum atomic E-state index is -0.626. The number of carbonyl (C=O) groups is 2. The van der Waals surface area contributed by atoms with Crippen LogP contribution >= 0.6 is 0 Å². The molecule has 35 heavy (non-hydrogen) atoms. The molecule has 1 aromatic heterocycles. The lowest BCUT2D eigenvalue weighted by atomic mass is 9.94. The summed E-state index contributed by atoms with van der Waals surface area (Å²) in [5.74, 6) is 1.55. The van der Waals surface area contributed by atoms with Gasteiger partial charge in [0.05, 0.1) is 18.2 Å². The molecule has 0 bridgehead atoms. The maximum absolute atomic E-state index is 13.3. The third-order valence-electron chi connectivity index (χ3n) is 6.18. The van der Waals surface area contributed by atoms with E-state index in [1.807, 2.05) is 50.2 Å². The molecule has 2 heterocycles. The Labute approximate surface area is 206 Å². The van der Waals surface area contributed by atoms with Gasteiger partial charge in [-0.2, -0.15) is 0 Å². The van der Waals surface area contributed by atoms with E-state index in [0.29, 0.717) is 24.2 Å². The number of nitrogens with zero attached hydrogens (tertiary/aromatic N) is 3. The number of rotatable bonds is 6. The number of hydrogen-bond donors (Lipinski definition) is 0. The van der Waals surface area contributed by atoms with Crippen molar-refractivity contribution in [2.75, 3.05) is 20.2 Å². The molecule has 7 heteroatoms. The topological polar surface area (TPSA) is 73.7 Å². The second-order valence-corrected chi connectivity index (χ2v) is 9.88. The van der Waals surface area contributed by atoms with E-state index in [2.05, 4.69) is 21.7 Å². The Morgan fingerprint density at radius 3 is 2.29 bits per heavy atom. The van der Waals surface area contributed by atoms with Crippen LogP contribution in [-0.2, 0) is 11.3 Å². The van der Waals surface area contributed by atoms with Crippen LogP contribution in [0.15, 0.2) is 60.9 Å². The van der Waals surface area contributed by atoms with E-state index in [9.17, 15) is 9.59 Å². The van der Waals surface area contributed by atoms with Crippen LogP contribution in [0.3, 0.4) is 0 Å². The van der Waals surface area contributed by atoms with Crippen molar-refractivity contribution in [3.8, 4) is 5.75 Å². The fraction of sp³-hybridized carbons (Fsp3) is 0.393. The molecule has 1 amide bonds. The summed E-state index contributed by atoms with van der Waals surface area (Å²) in [6.07, 6.45) is 5.49. The van der Waals surface area contributed by atoms with Crippen molar-refractivity contribution in [1.29, 1.82) is 0 Å². The van der Waals surface area contributed by atoms with E-state index in [4.69, 9.17) is 9.47 Å². The zero-order valence-electron chi connectivity index (χ0n) is 20.9. The van der Waals surface area contributed by atoms with E-state index < -0.39 is 11.6 Å². The first kappa shape index (κ1) is 24.5. The summed E-state index contributed by atoms with van der Waals surface area (Å²) in [5.41, 5.74) is 1.25. The first-order valence-corrected chi connectivity index (χ1v) is 12.0. The van der Waals surface area contributed by atoms with Crippen molar-refractivity contribution in [2.45, 2.75) is 51.7 Å². The minimum absolute atomic E-state index is 0.133. The van der Waals surface area contributed by atoms with Crippen LogP contribution < -0.4 is 4.74 Å². The molecule has 1 saturated heterocycles. The van der Waals surface area contributed by atoms with Gasteiger partial charge in [-0.05, 0) is 63.4 Å². The van der Waals surface area contributed by atoms with Crippen molar-refractivity contribution in [3.63, 3.8) is 0 Å². The summed E-state index contributed by atoms with van der Waals surface area (Å²) in [4.78, 5) is 32.5. The van der Waals surface area contributed by atoms with Gasteiger partial charge in [-0.1, -0.05) is 24.3 Å². The summed E-state index contributed by atoms with van der Waals surface area (Å²) in [6.45, 7) is 7.42. The lowest BCUT2D eigenvalue weighted by molar-refractivity contribution is 0.00664. The van der Waals surface area contributed by atoms with Crippen LogP contribution in [0.5, 0.6) is 5.75 Å². The molecule has 3 aromatic rings. The van der Waals surface area contributed by atoms with Gasteiger partial charge in [0.15, 0.2) is 0 Å². The van der Waals surface area contributed by atoms with Gasteiger partial charge in [0.25, 0.3) is 5.91 Å². The highest BCUT2D eigenvalue weighted by Gasteiger charge is 2.30. The van der Waals surface area contributed by atoms with E-state index in [0.717, 1.165) is 31.0 Å². The molecule has 4 rings (SSSR count). The highest BCUT2D eigenvalue weighted by molar-refractivity contribution is 6.05. The molecule has 0 atom stereocenters. The molecule has 7 nitrogen and oxygen atoms in total. The molecule has 0 unspecified atom stereocenters. The van der Waals surface area contributed by atoms with Crippen molar-refractivity contribution < 1.29 is 19.1 Å². The van der Waals surface area contributed by atoms with E-state index >= 15 is 0 Å². The Morgan fingerprint density at radius 2 is 1.66 bits per heavy atom. The van der Waals surface area contributed by atoms with E-state index in [1.165, 1.54) is 5.56 Å². The molecule has 184 valence electrons. The smallest absolute Gasteiger partial charge is 0.339 e. The first-order valence-electron chi connectivity index (χ1n) is 12.0. The van der Waals surface area contributed by atoms with Gasteiger partial charge in [-0.25, -0.2) is 9.78 Å². The number of methoxy groups -OCH3 is 1. The maximum atomic E-state index is 13.3. The van der Waals surface area contributed by atoms with E-state index in [1.54, 1.807) is 31.4 Å². The largest absolute Gasteiger partial charge is 0.497 e. The highest BCUT2D eigenvalue weighted by atomic mass is 16.6. The third kappa shape index (κ3) is 5.91. The average Bonchev–Trinajstić information content (AvgIpc) is 3.31. The molecule has 1 aliphatic rings. The molecular weight excluding hydrogens is 442 g/mol. The Hall–Kier alpha value is -3.61. The van der Waals surface area contributed by atoms with Gasteiger partial charge in [0.2, 0.25) is 0 Å². The Balaban J connectivity index is 1.42. The quantitative estimate of drug-likeness (QED) is 0.474. The second kappa shape index (κ2) is 10.3. The zero-order valence-corrected chi connectivity index (χ0v) is 20.9. The normalized spacial score (nSPS) is 14.6. The van der Waals surface area contributed by atoms with Crippen molar-refractivity contribution in [3.05, 3.63) is 83.4 Å². The summed E-state index contributed by atoms with van der Waals surface area (Å²) in [6, 6.07) is 14.9. The van der Waals surface area contributed by atoms with Gasteiger partial charge < -0.3 is 18.9 Å². The number of hydrogen-bond acceptors (Lipinski definition) is 5. The van der Waals surface area contributed by atoms with Crippen LogP contribution in [0.4, 0.5) is 0 Å². The maximum Gasteiger partial charge on any atom is 0.339 e. The van der Waals surface area contributed by atoms with Gasteiger partial charge in [-0.3, -0.25) is 4.79 Å². The Morgan fingerprint density at radius 1 is 1.00 bits per heavy atom. The first-order chi connectivity index (χ1) is 16.7. The molecule has 0 spiro atoms. The molecule has 2 aromatic carbocycles. The fourth-order valence-corrected chi connectivity index (χ4v) is 4.43. The number of likely N-dealkylation sites (tertiary alicyclic amines) is 1. The van der Waals surface area contributed by atoms with Crippen molar-refractivity contribution >= 4 is 11.9 Å². The van der Waals surface area contributed by atoms with E-state index in [-0.39, 0.29) is 11.8 Å². The number of piperidine rings is 1. The Bertz CT molecular complexity index is 1170. The monoisotopic (exact) mass is 475 g/mol. The average molecular weight is 476 g/mol. The second-order valence-electron chi connectivity index (χ2n) is 9.88. The number of ether oxygens (including phenoxy) is 2. The fourth-order valence-electron chi connectivity index (χ4n) is 4.43. The van der Waals surface area contributed by atoms with Crippen LogP contribution in [0.25, 0.3) is 0 Å². The van der Waals surface area contributed by atoms with Gasteiger partial charge in [0.1, 0.15) is 17.2 Å². The number of amides is 1. The zero-order chi connectivity index (χ0) is 25.0.